The minimum absolute atomic E-state index is 0.156. The third kappa shape index (κ3) is 5.87. The van der Waals surface area contributed by atoms with E-state index in [1.165, 1.54) is 12.1 Å². The fourth-order valence-electron chi connectivity index (χ4n) is 2.37. The number of amides is 2. The Labute approximate surface area is 151 Å². The molecular weight excluding hydrogens is 343 g/mol. The Kier molecular flexibility index (Phi) is 6.53. The van der Waals surface area contributed by atoms with E-state index in [0.717, 1.165) is 11.1 Å². The fraction of sp³-hybridized carbons (Fsp3) is 0.263. The van der Waals surface area contributed by atoms with Crippen molar-refractivity contribution in [3.63, 3.8) is 0 Å². The zero-order chi connectivity index (χ0) is 18.4. The van der Waals surface area contributed by atoms with Gasteiger partial charge in [-0.3, -0.25) is 9.59 Å². The third-order valence-corrected chi connectivity index (χ3v) is 4.01. The second kappa shape index (κ2) is 8.62. The van der Waals surface area contributed by atoms with Gasteiger partial charge in [-0.25, -0.2) is 4.39 Å². The van der Waals surface area contributed by atoms with Crippen LogP contribution in [-0.4, -0.2) is 18.4 Å². The molecule has 2 rings (SSSR count). The number of halogens is 2. The van der Waals surface area contributed by atoms with Crippen LogP contribution in [0.5, 0.6) is 0 Å². The van der Waals surface area contributed by atoms with Crippen molar-refractivity contribution in [3.8, 4) is 0 Å². The molecule has 0 saturated carbocycles. The first kappa shape index (κ1) is 18.9. The fourth-order valence-corrected chi connectivity index (χ4v) is 2.65. The maximum atomic E-state index is 13.2. The van der Waals surface area contributed by atoms with Crippen LogP contribution < -0.4 is 10.6 Å². The van der Waals surface area contributed by atoms with Crippen LogP contribution in [0.2, 0.25) is 5.02 Å². The van der Waals surface area contributed by atoms with Crippen molar-refractivity contribution in [3.05, 3.63) is 64.4 Å². The van der Waals surface area contributed by atoms with Crippen LogP contribution in [0, 0.1) is 18.7 Å². The largest absolute Gasteiger partial charge is 0.347 e. The summed E-state index contributed by atoms with van der Waals surface area (Å²) in [5.41, 5.74) is 2.22. The predicted octanol–water partition coefficient (Wildman–Crippen LogP) is 3.72. The standard InChI is InChI=1S/C19H20ClFN2O2/c1-12-6-7-17(16(20)8-12)23-18(24)11-22-19(25)13(2)9-14-4-3-5-15(21)10-14/h3-8,10,13H,9,11H2,1-2H3,(H,22,25)(H,23,24). The van der Waals surface area contributed by atoms with Crippen LogP contribution in [0.3, 0.4) is 0 Å². The van der Waals surface area contributed by atoms with Crippen LogP contribution in [0.1, 0.15) is 18.1 Å². The summed E-state index contributed by atoms with van der Waals surface area (Å²) in [6, 6.07) is 11.4. The number of hydrogen-bond donors (Lipinski definition) is 2. The smallest absolute Gasteiger partial charge is 0.243 e. The molecule has 0 aliphatic rings. The number of benzene rings is 2. The molecule has 1 atom stereocenters. The van der Waals surface area contributed by atoms with Gasteiger partial charge in [0.2, 0.25) is 11.8 Å². The van der Waals surface area contributed by atoms with Crippen LogP contribution in [0.4, 0.5) is 10.1 Å². The van der Waals surface area contributed by atoms with E-state index < -0.39 is 0 Å². The molecular formula is C19H20ClFN2O2. The summed E-state index contributed by atoms with van der Waals surface area (Å²) in [7, 11) is 0. The van der Waals surface area contributed by atoms with E-state index in [0.29, 0.717) is 17.1 Å². The topological polar surface area (TPSA) is 58.2 Å². The number of aryl methyl sites for hydroxylation is 1. The van der Waals surface area contributed by atoms with Crippen molar-refractivity contribution in [1.29, 1.82) is 0 Å². The molecule has 0 bridgehead atoms. The van der Waals surface area contributed by atoms with Gasteiger partial charge in [0.1, 0.15) is 5.82 Å². The summed E-state index contributed by atoms with van der Waals surface area (Å²) >= 11 is 6.06. The first-order valence-electron chi connectivity index (χ1n) is 7.93. The molecule has 0 aliphatic carbocycles. The van der Waals surface area contributed by atoms with Crippen molar-refractivity contribution in [1.82, 2.24) is 5.32 Å². The Bertz CT molecular complexity index is 780. The third-order valence-electron chi connectivity index (χ3n) is 3.70. The Morgan fingerprint density at radius 3 is 2.64 bits per heavy atom. The first-order valence-corrected chi connectivity index (χ1v) is 8.31. The lowest BCUT2D eigenvalue weighted by Crippen LogP contribution is -2.36. The molecule has 4 nitrogen and oxygen atoms in total. The van der Waals surface area contributed by atoms with E-state index in [9.17, 15) is 14.0 Å². The molecule has 25 heavy (non-hydrogen) atoms. The van der Waals surface area contributed by atoms with Gasteiger partial charge >= 0.3 is 0 Å². The first-order chi connectivity index (χ1) is 11.8. The van der Waals surface area contributed by atoms with E-state index in [2.05, 4.69) is 10.6 Å². The van der Waals surface area contributed by atoms with Crippen LogP contribution >= 0.6 is 11.6 Å². The summed E-state index contributed by atoms with van der Waals surface area (Å²) in [4.78, 5) is 24.0. The zero-order valence-corrected chi connectivity index (χ0v) is 14.9. The van der Waals surface area contributed by atoms with Gasteiger partial charge in [-0.15, -0.1) is 0 Å². The average molecular weight is 363 g/mol. The lowest BCUT2D eigenvalue weighted by atomic mass is 10.0. The highest BCUT2D eigenvalue weighted by Crippen LogP contribution is 2.22. The quantitative estimate of drug-likeness (QED) is 0.822. The Morgan fingerprint density at radius 1 is 1.20 bits per heavy atom. The normalized spacial score (nSPS) is 11.7. The van der Waals surface area contributed by atoms with E-state index in [-0.39, 0.29) is 30.1 Å². The summed E-state index contributed by atoms with van der Waals surface area (Å²) in [6.07, 6.45) is 0.398. The van der Waals surface area contributed by atoms with Crippen molar-refractivity contribution < 1.29 is 14.0 Å². The summed E-state index contributed by atoms with van der Waals surface area (Å²) in [6.45, 7) is 3.48. The molecule has 0 spiro atoms. The number of carbonyl (C=O) groups excluding carboxylic acids is 2. The molecule has 0 fully saturated rings. The molecule has 132 valence electrons. The Hall–Kier alpha value is -2.40. The molecule has 0 aromatic heterocycles. The van der Waals surface area contributed by atoms with E-state index >= 15 is 0 Å². The lowest BCUT2D eigenvalue weighted by Gasteiger charge is -2.13. The zero-order valence-electron chi connectivity index (χ0n) is 14.1. The van der Waals surface area contributed by atoms with Crippen molar-refractivity contribution in [2.75, 3.05) is 11.9 Å². The number of hydrogen-bond acceptors (Lipinski definition) is 2. The second-order valence-corrected chi connectivity index (χ2v) is 6.39. The van der Waals surface area contributed by atoms with E-state index in [4.69, 9.17) is 11.6 Å². The van der Waals surface area contributed by atoms with Gasteiger partial charge in [-0.05, 0) is 48.7 Å². The number of carbonyl (C=O) groups is 2. The number of rotatable bonds is 6. The van der Waals surface area contributed by atoms with Gasteiger partial charge in [0.05, 0.1) is 17.3 Å². The molecule has 1 unspecified atom stereocenters. The monoisotopic (exact) mass is 362 g/mol. The van der Waals surface area contributed by atoms with E-state index in [1.54, 1.807) is 31.2 Å². The van der Waals surface area contributed by atoms with Gasteiger partial charge in [-0.1, -0.05) is 36.7 Å². The molecule has 6 heteroatoms. The van der Waals surface area contributed by atoms with Crippen molar-refractivity contribution >= 4 is 29.1 Å². The molecule has 2 amide bonds. The average Bonchev–Trinajstić information content (AvgIpc) is 2.55. The second-order valence-electron chi connectivity index (χ2n) is 5.98. The lowest BCUT2D eigenvalue weighted by molar-refractivity contribution is -0.126. The van der Waals surface area contributed by atoms with Gasteiger partial charge in [0.15, 0.2) is 0 Å². The minimum atomic E-state index is -0.377. The Balaban J connectivity index is 1.83. The van der Waals surface area contributed by atoms with Gasteiger partial charge < -0.3 is 10.6 Å². The summed E-state index contributed by atoms with van der Waals surface area (Å²) < 4.78 is 13.2. The highest BCUT2D eigenvalue weighted by molar-refractivity contribution is 6.33. The van der Waals surface area contributed by atoms with Crippen molar-refractivity contribution in [2.24, 2.45) is 5.92 Å². The maximum Gasteiger partial charge on any atom is 0.243 e. The SMILES string of the molecule is Cc1ccc(NC(=O)CNC(=O)C(C)Cc2cccc(F)c2)c(Cl)c1. The maximum absolute atomic E-state index is 13.2. The molecule has 2 N–H and O–H groups in total. The van der Waals surface area contributed by atoms with E-state index in [1.807, 2.05) is 13.0 Å². The van der Waals surface area contributed by atoms with Gasteiger partial charge in [0.25, 0.3) is 0 Å². The number of anilines is 1. The molecule has 0 aliphatic heterocycles. The Morgan fingerprint density at radius 2 is 1.96 bits per heavy atom. The molecule has 2 aromatic rings. The molecule has 0 heterocycles. The molecule has 0 radical (unpaired) electrons. The van der Waals surface area contributed by atoms with Crippen LogP contribution in [-0.2, 0) is 16.0 Å². The minimum Gasteiger partial charge on any atom is -0.347 e. The molecule has 0 saturated heterocycles. The van der Waals surface area contributed by atoms with Gasteiger partial charge in [0, 0.05) is 5.92 Å². The number of nitrogens with one attached hydrogen (secondary N) is 2. The molecule has 2 aromatic carbocycles. The summed E-state index contributed by atoms with van der Waals surface area (Å²) in [5.74, 6) is -1.34. The highest BCUT2D eigenvalue weighted by Gasteiger charge is 2.15. The van der Waals surface area contributed by atoms with Crippen LogP contribution in [0.25, 0.3) is 0 Å². The highest BCUT2D eigenvalue weighted by atomic mass is 35.5. The van der Waals surface area contributed by atoms with Crippen LogP contribution in [0.15, 0.2) is 42.5 Å². The van der Waals surface area contributed by atoms with Crippen molar-refractivity contribution in [2.45, 2.75) is 20.3 Å². The van der Waals surface area contributed by atoms with Gasteiger partial charge in [-0.2, -0.15) is 0 Å². The predicted molar refractivity (Wildman–Crippen MR) is 97.1 cm³/mol. The summed E-state index contributed by atoms with van der Waals surface area (Å²) in [5, 5.41) is 5.68.